The van der Waals surface area contributed by atoms with E-state index in [0.717, 1.165) is 5.56 Å². The van der Waals surface area contributed by atoms with E-state index in [1.165, 1.54) is 4.90 Å². The number of carbonyl (C=O) groups excluding carboxylic acids is 1. The molecule has 0 spiro atoms. The number of hydrogen-bond acceptors (Lipinski definition) is 3. The molecule has 2 rings (SSSR count). The summed E-state index contributed by atoms with van der Waals surface area (Å²) in [5, 5.41) is 0. The normalized spacial score (nSPS) is 10.1. The van der Waals surface area contributed by atoms with E-state index in [9.17, 15) is 4.79 Å². The quantitative estimate of drug-likeness (QED) is 0.820. The maximum atomic E-state index is 12.3. The maximum absolute atomic E-state index is 12.3. The number of aryl methyl sites for hydroxylation is 1. The van der Waals surface area contributed by atoms with Gasteiger partial charge in [-0.15, -0.1) is 0 Å². The summed E-state index contributed by atoms with van der Waals surface area (Å²) in [5.74, 6) is 0.503. The van der Waals surface area contributed by atoms with Crippen LogP contribution in [0.15, 0.2) is 42.6 Å². The minimum atomic E-state index is -0.112. The monoisotopic (exact) mass is 241 g/mol. The summed E-state index contributed by atoms with van der Waals surface area (Å²) >= 11 is 0. The molecule has 92 valence electrons. The van der Waals surface area contributed by atoms with Crippen molar-refractivity contribution in [2.24, 2.45) is 0 Å². The van der Waals surface area contributed by atoms with Gasteiger partial charge in [0.1, 0.15) is 5.82 Å². The summed E-state index contributed by atoms with van der Waals surface area (Å²) < 4.78 is 0. The molecule has 1 aromatic carbocycles. The highest BCUT2D eigenvalue weighted by Gasteiger charge is 2.16. The Morgan fingerprint density at radius 1 is 1.28 bits per heavy atom. The Hall–Kier alpha value is -2.36. The van der Waals surface area contributed by atoms with Gasteiger partial charge in [0.25, 0.3) is 5.91 Å². The van der Waals surface area contributed by atoms with E-state index in [1.807, 2.05) is 25.1 Å². The van der Waals surface area contributed by atoms with E-state index in [2.05, 4.69) is 4.98 Å². The van der Waals surface area contributed by atoms with E-state index in [-0.39, 0.29) is 5.91 Å². The SMILES string of the molecule is Cc1ccc(N)cc1C(=O)N(C)c1ccccn1. The summed E-state index contributed by atoms with van der Waals surface area (Å²) in [6.45, 7) is 1.89. The van der Waals surface area contributed by atoms with Gasteiger partial charge in [0.05, 0.1) is 0 Å². The van der Waals surface area contributed by atoms with Crippen LogP contribution in [0.1, 0.15) is 15.9 Å². The molecule has 0 aliphatic rings. The Morgan fingerprint density at radius 2 is 2.06 bits per heavy atom. The van der Waals surface area contributed by atoms with Crippen molar-refractivity contribution in [3.05, 3.63) is 53.7 Å². The summed E-state index contributed by atoms with van der Waals surface area (Å²) in [6, 6.07) is 10.8. The number of nitrogens with zero attached hydrogens (tertiary/aromatic N) is 2. The predicted molar refractivity (Wildman–Crippen MR) is 72.6 cm³/mol. The van der Waals surface area contributed by atoms with Crippen LogP contribution in [-0.4, -0.2) is 17.9 Å². The van der Waals surface area contributed by atoms with Crippen LogP contribution in [0.5, 0.6) is 0 Å². The second kappa shape index (κ2) is 4.87. The second-order valence-electron chi connectivity index (χ2n) is 4.13. The van der Waals surface area contributed by atoms with E-state index in [4.69, 9.17) is 5.73 Å². The van der Waals surface area contributed by atoms with Crippen molar-refractivity contribution in [3.63, 3.8) is 0 Å². The summed E-state index contributed by atoms with van der Waals surface area (Å²) in [4.78, 5) is 18.0. The van der Waals surface area contributed by atoms with Crippen LogP contribution in [0.25, 0.3) is 0 Å². The molecule has 0 bridgehead atoms. The van der Waals surface area contributed by atoms with Gasteiger partial charge in [0.2, 0.25) is 0 Å². The highest BCUT2D eigenvalue weighted by molar-refractivity contribution is 6.06. The molecule has 0 fully saturated rings. The minimum Gasteiger partial charge on any atom is -0.399 e. The van der Waals surface area contributed by atoms with Crippen LogP contribution in [0.4, 0.5) is 11.5 Å². The van der Waals surface area contributed by atoms with Gasteiger partial charge in [0.15, 0.2) is 0 Å². The smallest absolute Gasteiger partial charge is 0.259 e. The molecule has 0 saturated heterocycles. The Labute approximate surface area is 106 Å². The van der Waals surface area contributed by atoms with Crippen molar-refractivity contribution in [2.45, 2.75) is 6.92 Å². The van der Waals surface area contributed by atoms with Crippen LogP contribution in [-0.2, 0) is 0 Å². The Kier molecular flexibility index (Phi) is 3.28. The lowest BCUT2D eigenvalue weighted by molar-refractivity contribution is 0.0992. The van der Waals surface area contributed by atoms with Crippen molar-refractivity contribution in [2.75, 3.05) is 17.7 Å². The fourth-order valence-corrected chi connectivity index (χ4v) is 1.71. The molecule has 1 aromatic heterocycles. The number of carbonyl (C=O) groups is 1. The van der Waals surface area contributed by atoms with Gasteiger partial charge in [-0.1, -0.05) is 12.1 Å². The van der Waals surface area contributed by atoms with Crippen LogP contribution >= 0.6 is 0 Å². The number of pyridine rings is 1. The number of benzene rings is 1. The first-order valence-electron chi connectivity index (χ1n) is 5.65. The van der Waals surface area contributed by atoms with Crippen LogP contribution in [0.2, 0.25) is 0 Å². The van der Waals surface area contributed by atoms with Gasteiger partial charge in [-0.05, 0) is 36.8 Å². The third kappa shape index (κ3) is 2.32. The van der Waals surface area contributed by atoms with E-state index in [1.54, 1.807) is 31.4 Å². The average Bonchev–Trinajstić information content (AvgIpc) is 2.41. The van der Waals surface area contributed by atoms with E-state index in [0.29, 0.717) is 17.1 Å². The lowest BCUT2D eigenvalue weighted by atomic mass is 10.1. The second-order valence-corrected chi connectivity index (χ2v) is 4.13. The van der Waals surface area contributed by atoms with Gasteiger partial charge in [0, 0.05) is 24.5 Å². The lowest BCUT2D eigenvalue weighted by Gasteiger charge is -2.17. The maximum Gasteiger partial charge on any atom is 0.259 e. The van der Waals surface area contributed by atoms with Gasteiger partial charge >= 0.3 is 0 Å². The highest BCUT2D eigenvalue weighted by atomic mass is 16.2. The first kappa shape index (κ1) is 12.1. The van der Waals surface area contributed by atoms with Crippen molar-refractivity contribution < 1.29 is 4.79 Å². The van der Waals surface area contributed by atoms with E-state index >= 15 is 0 Å². The number of nitrogen functional groups attached to an aromatic ring is 1. The zero-order chi connectivity index (χ0) is 13.1. The summed E-state index contributed by atoms with van der Waals surface area (Å²) in [5.41, 5.74) is 7.80. The Balaban J connectivity index is 2.34. The molecule has 1 amide bonds. The topological polar surface area (TPSA) is 59.2 Å². The molecular weight excluding hydrogens is 226 g/mol. The largest absolute Gasteiger partial charge is 0.399 e. The van der Waals surface area contributed by atoms with Crippen molar-refractivity contribution in [1.82, 2.24) is 4.98 Å². The highest BCUT2D eigenvalue weighted by Crippen LogP contribution is 2.17. The number of nitrogens with two attached hydrogens (primary N) is 1. The molecule has 4 nitrogen and oxygen atoms in total. The molecule has 1 heterocycles. The molecule has 4 heteroatoms. The van der Waals surface area contributed by atoms with Crippen molar-refractivity contribution in [3.8, 4) is 0 Å². The van der Waals surface area contributed by atoms with Crippen molar-refractivity contribution in [1.29, 1.82) is 0 Å². The number of amides is 1. The average molecular weight is 241 g/mol. The summed E-state index contributed by atoms with van der Waals surface area (Å²) in [7, 11) is 1.70. The fraction of sp³-hybridized carbons (Fsp3) is 0.143. The minimum absolute atomic E-state index is 0.112. The third-order valence-corrected chi connectivity index (χ3v) is 2.79. The molecule has 2 N–H and O–H groups in total. The number of hydrogen-bond donors (Lipinski definition) is 1. The van der Waals surface area contributed by atoms with Gasteiger partial charge < -0.3 is 5.73 Å². The Morgan fingerprint density at radius 3 is 2.72 bits per heavy atom. The fourth-order valence-electron chi connectivity index (χ4n) is 1.71. The van der Waals surface area contributed by atoms with Crippen LogP contribution in [0.3, 0.4) is 0 Å². The van der Waals surface area contributed by atoms with Gasteiger partial charge in [-0.3, -0.25) is 9.69 Å². The van der Waals surface area contributed by atoms with E-state index < -0.39 is 0 Å². The zero-order valence-corrected chi connectivity index (χ0v) is 10.4. The Bertz CT molecular complexity index is 567. The molecule has 0 saturated carbocycles. The zero-order valence-electron chi connectivity index (χ0n) is 10.4. The van der Waals surface area contributed by atoms with Crippen molar-refractivity contribution >= 4 is 17.4 Å². The number of aromatic nitrogens is 1. The predicted octanol–water partition coefficient (Wildman–Crippen LogP) is 2.25. The first-order chi connectivity index (χ1) is 8.59. The third-order valence-electron chi connectivity index (χ3n) is 2.79. The number of anilines is 2. The molecule has 0 aliphatic heterocycles. The molecule has 2 aromatic rings. The van der Waals surface area contributed by atoms with Gasteiger partial charge in [-0.2, -0.15) is 0 Å². The summed E-state index contributed by atoms with van der Waals surface area (Å²) in [6.07, 6.45) is 1.66. The molecular formula is C14H15N3O. The molecule has 0 unspecified atom stereocenters. The molecule has 0 aliphatic carbocycles. The molecule has 0 radical (unpaired) electrons. The lowest BCUT2D eigenvalue weighted by Crippen LogP contribution is -2.27. The standard InChI is InChI=1S/C14H15N3O/c1-10-6-7-11(15)9-12(10)14(18)17(2)13-5-3-4-8-16-13/h3-9H,15H2,1-2H3. The van der Waals surface area contributed by atoms with Gasteiger partial charge in [-0.25, -0.2) is 4.98 Å². The molecule has 0 atom stereocenters. The number of rotatable bonds is 2. The first-order valence-corrected chi connectivity index (χ1v) is 5.65. The van der Waals surface area contributed by atoms with Crippen LogP contribution < -0.4 is 10.6 Å². The molecule has 18 heavy (non-hydrogen) atoms. The van der Waals surface area contributed by atoms with Crippen LogP contribution in [0, 0.1) is 6.92 Å².